The summed E-state index contributed by atoms with van der Waals surface area (Å²) in [6.45, 7) is 0. The number of H-pyrrole nitrogens is 1. The molecule has 3 aromatic heterocycles. The van der Waals surface area contributed by atoms with Crippen molar-refractivity contribution in [3.8, 4) is 34.3 Å². The second-order valence-electron chi connectivity index (χ2n) is 6.38. The normalized spacial score (nSPS) is 10.6. The molecule has 0 aliphatic rings. The van der Waals surface area contributed by atoms with Gasteiger partial charge in [0.2, 0.25) is 23.6 Å². The SMILES string of the molecule is COc1ccc(-c2nc(NC(=O)CCc3nc(-c4cccnc4)no3)n[nH]2)c(OC)c1. The second-order valence-corrected chi connectivity index (χ2v) is 6.38. The lowest BCUT2D eigenvalue weighted by Crippen LogP contribution is -2.13. The van der Waals surface area contributed by atoms with Gasteiger partial charge in [0.05, 0.1) is 19.8 Å². The number of aryl methyl sites for hydroxylation is 1. The summed E-state index contributed by atoms with van der Waals surface area (Å²) in [7, 11) is 3.12. The Morgan fingerprint density at radius 1 is 1.19 bits per heavy atom. The molecule has 3 heterocycles. The standard InChI is InChI=1S/C20H19N7O4/c1-29-13-5-6-14(15(10-13)30-2)19-24-20(26-25-19)22-16(28)7-8-17-23-18(27-31-17)12-4-3-9-21-11-12/h3-6,9-11H,7-8H2,1-2H3,(H2,22,24,25,26,28). The van der Waals surface area contributed by atoms with Gasteiger partial charge in [0.15, 0.2) is 5.82 Å². The number of hydrogen-bond acceptors (Lipinski definition) is 9. The summed E-state index contributed by atoms with van der Waals surface area (Å²) in [5.41, 5.74) is 1.43. The van der Waals surface area contributed by atoms with Gasteiger partial charge in [-0.1, -0.05) is 5.16 Å². The lowest BCUT2D eigenvalue weighted by Gasteiger charge is -2.07. The Kier molecular flexibility index (Phi) is 5.83. The fourth-order valence-corrected chi connectivity index (χ4v) is 2.81. The Bertz CT molecular complexity index is 1170. The zero-order valence-electron chi connectivity index (χ0n) is 16.8. The van der Waals surface area contributed by atoms with Crippen LogP contribution in [0.1, 0.15) is 12.3 Å². The van der Waals surface area contributed by atoms with Gasteiger partial charge in [-0.25, -0.2) is 0 Å². The Morgan fingerprint density at radius 3 is 2.87 bits per heavy atom. The van der Waals surface area contributed by atoms with Crippen molar-refractivity contribution in [2.75, 3.05) is 19.5 Å². The fourth-order valence-electron chi connectivity index (χ4n) is 2.81. The largest absolute Gasteiger partial charge is 0.497 e. The predicted molar refractivity (Wildman–Crippen MR) is 109 cm³/mol. The maximum absolute atomic E-state index is 12.3. The number of hydrogen-bond donors (Lipinski definition) is 2. The summed E-state index contributed by atoms with van der Waals surface area (Å²) in [5.74, 6) is 2.32. The number of ether oxygens (including phenoxy) is 2. The molecule has 0 spiro atoms. The third kappa shape index (κ3) is 4.66. The van der Waals surface area contributed by atoms with Gasteiger partial charge in [0.25, 0.3) is 0 Å². The van der Waals surface area contributed by atoms with E-state index in [2.05, 4.69) is 35.6 Å². The van der Waals surface area contributed by atoms with Crippen LogP contribution in [-0.4, -0.2) is 50.4 Å². The van der Waals surface area contributed by atoms with Crippen LogP contribution < -0.4 is 14.8 Å². The van der Waals surface area contributed by atoms with Crippen molar-refractivity contribution >= 4 is 11.9 Å². The van der Waals surface area contributed by atoms with E-state index in [1.807, 2.05) is 6.07 Å². The molecule has 1 aromatic carbocycles. The first-order valence-electron chi connectivity index (χ1n) is 9.34. The van der Waals surface area contributed by atoms with Gasteiger partial charge in [-0.2, -0.15) is 9.97 Å². The summed E-state index contributed by atoms with van der Waals surface area (Å²) in [6, 6.07) is 8.92. The van der Waals surface area contributed by atoms with E-state index in [-0.39, 0.29) is 24.7 Å². The van der Waals surface area contributed by atoms with Gasteiger partial charge in [0, 0.05) is 36.9 Å². The number of anilines is 1. The first-order chi connectivity index (χ1) is 15.2. The number of rotatable bonds is 8. The molecule has 0 bridgehead atoms. The van der Waals surface area contributed by atoms with Crippen molar-refractivity contribution in [1.82, 2.24) is 30.3 Å². The van der Waals surface area contributed by atoms with Crippen LogP contribution in [0.3, 0.4) is 0 Å². The van der Waals surface area contributed by atoms with Crippen molar-refractivity contribution < 1.29 is 18.8 Å². The zero-order valence-corrected chi connectivity index (χ0v) is 16.8. The van der Waals surface area contributed by atoms with Gasteiger partial charge in [-0.3, -0.25) is 20.2 Å². The highest BCUT2D eigenvalue weighted by molar-refractivity contribution is 5.89. The van der Waals surface area contributed by atoms with Crippen LogP contribution in [0.25, 0.3) is 22.8 Å². The second kappa shape index (κ2) is 9.03. The van der Waals surface area contributed by atoms with Crippen LogP contribution in [0.4, 0.5) is 5.95 Å². The van der Waals surface area contributed by atoms with Crippen molar-refractivity contribution in [1.29, 1.82) is 0 Å². The minimum atomic E-state index is -0.284. The number of nitrogens with one attached hydrogen (secondary N) is 2. The average Bonchev–Trinajstić information content (AvgIpc) is 3.47. The maximum Gasteiger partial charge on any atom is 0.249 e. The lowest BCUT2D eigenvalue weighted by atomic mass is 10.2. The summed E-state index contributed by atoms with van der Waals surface area (Å²) in [5, 5.41) is 13.4. The van der Waals surface area contributed by atoms with Crippen LogP contribution in [-0.2, 0) is 11.2 Å². The molecule has 11 nitrogen and oxygen atoms in total. The monoisotopic (exact) mass is 421 g/mol. The maximum atomic E-state index is 12.3. The van der Waals surface area contributed by atoms with Crippen molar-refractivity contribution in [2.24, 2.45) is 0 Å². The molecule has 0 saturated heterocycles. The van der Waals surface area contributed by atoms with E-state index in [1.165, 1.54) is 0 Å². The quantitative estimate of drug-likeness (QED) is 0.439. The third-order valence-corrected chi connectivity index (χ3v) is 4.35. The molecule has 4 rings (SSSR count). The topological polar surface area (TPSA) is 141 Å². The molecule has 0 atom stereocenters. The summed E-state index contributed by atoms with van der Waals surface area (Å²) < 4.78 is 15.8. The molecule has 0 fully saturated rings. The fraction of sp³-hybridized carbons (Fsp3) is 0.200. The minimum Gasteiger partial charge on any atom is -0.497 e. The number of nitrogens with zero attached hydrogens (tertiary/aromatic N) is 5. The van der Waals surface area contributed by atoms with Crippen LogP contribution in [0.5, 0.6) is 11.5 Å². The third-order valence-electron chi connectivity index (χ3n) is 4.35. The van der Waals surface area contributed by atoms with Gasteiger partial charge < -0.3 is 14.0 Å². The van der Waals surface area contributed by atoms with Gasteiger partial charge in [0.1, 0.15) is 11.5 Å². The Balaban J connectivity index is 1.36. The highest BCUT2D eigenvalue weighted by Crippen LogP contribution is 2.31. The van der Waals surface area contributed by atoms with Crippen LogP contribution in [0.15, 0.2) is 47.2 Å². The molecule has 0 aliphatic carbocycles. The zero-order chi connectivity index (χ0) is 21.6. The Labute approximate surface area is 176 Å². The average molecular weight is 421 g/mol. The first kappa shape index (κ1) is 20.0. The van der Waals surface area contributed by atoms with E-state index in [0.29, 0.717) is 34.6 Å². The molecule has 11 heteroatoms. The van der Waals surface area contributed by atoms with Crippen LogP contribution >= 0.6 is 0 Å². The number of carbonyl (C=O) groups is 1. The molecule has 1 amide bonds. The van der Waals surface area contributed by atoms with Gasteiger partial charge in [-0.05, 0) is 24.3 Å². The summed E-state index contributed by atoms with van der Waals surface area (Å²) in [6.07, 6.45) is 3.71. The van der Waals surface area contributed by atoms with E-state index in [4.69, 9.17) is 14.0 Å². The smallest absolute Gasteiger partial charge is 0.249 e. The molecule has 158 valence electrons. The molecule has 31 heavy (non-hydrogen) atoms. The first-order valence-corrected chi connectivity index (χ1v) is 9.34. The van der Waals surface area contributed by atoms with Crippen molar-refractivity contribution in [3.05, 3.63) is 48.6 Å². The van der Waals surface area contributed by atoms with Gasteiger partial charge in [-0.15, -0.1) is 5.10 Å². The number of methoxy groups -OCH3 is 2. The number of aromatic nitrogens is 6. The number of pyridine rings is 1. The number of aromatic amines is 1. The van der Waals surface area contributed by atoms with E-state index < -0.39 is 0 Å². The molecular formula is C20H19N7O4. The molecular weight excluding hydrogens is 402 g/mol. The highest BCUT2D eigenvalue weighted by Gasteiger charge is 2.15. The summed E-state index contributed by atoms with van der Waals surface area (Å²) in [4.78, 5) is 24.9. The number of carbonyl (C=O) groups excluding carboxylic acids is 1. The Hall–Kier alpha value is -4.28. The predicted octanol–water partition coefficient (Wildman–Crippen LogP) is 2.51. The van der Waals surface area contributed by atoms with E-state index in [0.717, 1.165) is 5.56 Å². The lowest BCUT2D eigenvalue weighted by molar-refractivity contribution is -0.116. The van der Waals surface area contributed by atoms with Crippen molar-refractivity contribution in [2.45, 2.75) is 12.8 Å². The van der Waals surface area contributed by atoms with E-state index >= 15 is 0 Å². The molecule has 4 aromatic rings. The molecule has 0 unspecified atom stereocenters. The number of amides is 1. The molecule has 0 radical (unpaired) electrons. The highest BCUT2D eigenvalue weighted by atomic mass is 16.5. The van der Waals surface area contributed by atoms with Gasteiger partial charge >= 0.3 is 0 Å². The van der Waals surface area contributed by atoms with E-state index in [9.17, 15) is 4.79 Å². The molecule has 0 aliphatic heterocycles. The molecule has 0 saturated carbocycles. The minimum absolute atomic E-state index is 0.129. The van der Waals surface area contributed by atoms with Crippen LogP contribution in [0.2, 0.25) is 0 Å². The number of benzene rings is 1. The van der Waals surface area contributed by atoms with E-state index in [1.54, 1.807) is 50.9 Å². The van der Waals surface area contributed by atoms with Crippen LogP contribution in [0, 0.1) is 0 Å². The summed E-state index contributed by atoms with van der Waals surface area (Å²) >= 11 is 0. The molecule has 2 N–H and O–H groups in total. The Morgan fingerprint density at radius 2 is 2.10 bits per heavy atom. The van der Waals surface area contributed by atoms with Crippen molar-refractivity contribution in [3.63, 3.8) is 0 Å².